The summed E-state index contributed by atoms with van der Waals surface area (Å²) in [6.45, 7) is 3.97. The number of aryl methyl sites for hydroxylation is 1. The number of benzene rings is 1. The van der Waals surface area contributed by atoms with E-state index in [2.05, 4.69) is 51.8 Å². The Bertz CT molecular complexity index is 571. The van der Waals surface area contributed by atoms with Crippen molar-refractivity contribution in [1.82, 2.24) is 9.97 Å². The fourth-order valence-electron chi connectivity index (χ4n) is 1.84. The first-order valence-electron chi connectivity index (χ1n) is 6.83. The van der Waals surface area contributed by atoms with E-state index in [9.17, 15) is 0 Å². The highest BCUT2D eigenvalue weighted by molar-refractivity contribution is 5.73. The van der Waals surface area contributed by atoms with Crippen LogP contribution in [0.4, 0.5) is 17.3 Å². The maximum Gasteiger partial charge on any atom is 0.155 e. The van der Waals surface area contributed by atoms with Gasteiger partial charge in [0.2, 0.25) is 0 Å². The van der Waals surface area contributed by atoms with Gasteiger partial charge in [0.15, 0.2) is 11.6 Å². The predicted octanol–water partition coefficient (Wildman–Crippen LogP) is 2.04. The molecule has 1 heterocycles. The molecule has 0 aliphatic heterocycles. The second-order valence-electron chi connectivity index (χ2n) is 4.74. The quantitative estimate of drug-likeness (QED) is 0.676. The van der Waals surface area contributed by atoms with E-state index >= 15 is 0 Å². The van der Waals surface area contributed by atoms with Gasteiger partial charge in [0.1, 0.15) is 12.0 Å². The Morgan fingerprint density at radius 2 is 1.76 bits per heavy atom. The highest BCUT2D eigenvalue weighted by Gasteiger charge is 2.07. The first-order valence-corrected chi connectivity index (χ1v) is 6.83. The molecule has 0 unspecified atom stereocenters. The van der Waals surface area contributed by atoms with Crippen LogP contribution in [-0.2, 0) is 11.3 Å². The van der Waals surface area contributed by atoms with Gasteiger partial charge in [-0.05, 0) is 12.5 Å². The number of rotatable bonds is 7. The summed E-state index contributed by atoms with van der Waals surface area (Å²) in [5.41, 5.74) is 8.99. The molecule has 0 saturated carbocycles. The van der Waals surface area contributed by atoms with E-state index in [1.165, 1.54) is 17.5 Å². The van der Waals surface area contributed by atoms with Crippen molar-refractivity contribution < 1.29 is 4.74 Å². The normalized spacial score (nSPS) is 10.4. The van der Waals surface area contributed by atoms with Gasteiger partial charge in [-0.15, -0.1) is 0 Å². The Hall–Kier alpha value is -2.34. The average molecular weight is 287 g/mol. The number of nitrogens with two attached hydrogens (primary N) is 1. The summed E-state index contributed by atoms with van der Waals surface area (Å²) >= 11 is 0. The molecule has 2 rings (SSSR count). The number of nitrogens with zero attached hydrogens (tertiary/aromatic N) is 2. The summed E-state index contributed by atoms with van der Waals surface area (Å²) in [5, 5.41) is 6.35. The molecule has 1 aromatic heterocycles. The van der Waals surface area contributed by atoms with Gasteiger partial charge in [-0.25, -0.2) is 9.97 Å². The fraction of sp³-hybridized carbons (Fsp3) is 0.333. The molecule has 112 valence electrons. The Balaban J connectivity index is 1.99. The van der Waals surface area contributed by atoms with E-state index in [1.54, 1.807) is 7.11 Å². The lowest BCUT2D eigenvalue weighted by Crippen LogP contribution is -2.13. The molecule has 0 atom stereocenters. The number of methoxy groups -OCH3 is 1. The number of hydrogen-bond donors (Lipinski definition) is 3. The molecule has 21 heavy (non-hydrogen) atoms. The minimum Gasteiger partial charge on any atom is -0.393 e. The van der Waals surface area contributed by atoms with Crippen LogP contribution in [0.5, 0.6) is 0 Å². The molecule has 6 nitrogen and oxygen atoms in total. The third-order valence-electron chi connectivity index (χ3n) is 3.06. The summed E-state index contributed by atoms with van der Waals surface area (Å²) in [6, 6.07) is 8.32. The van der Waals surface area contributed by atoms with Crippen LogP contribution in [0, 0.1) is 6.92 Å². The Morgan fingerprint density at radius 3 is 2.43 bits per heavy atom. The van der Waals surface area contributed by atoms with Crippen LogP contribution in [0.3, 0.4) is 0 Å². The molecule has 0 fully saturated rings. The molecule has 4 N–H and O–H groups in total. The third-order valence-corrected chi connectivity index (χ3v) is 3.06. The SMILES string of the molecule is COCCNc1ncnc(NCc2ccc(C)cc2)c1N. The molecular weight excluding hydrogens is 266 g/mol. The molecule has 0 spiro atoms. The fourth-order valence-corrected chi connectivity index (χ4v) is 1.84. The lowest BCUT2D eigenvalue weighted by atomic mass is 10.1. The number of nitrogen functional groups attached to an aromatic ring is 1. The van der Waals surface area contributed by atoms with E-state index < -0.39 is 0 Å². The zero-order chi connectivity index (χ0) is 15.1. The van der Waals surface area contributed by atoms with Crippen molar-refractivity contribution in [1.29, 1.82) is 0 Å². The number of ether oxygens (including phenoxy) is 1. The summed E-state index contributed by atoms with van der Waals surface area (Å²) < 4.78 is 4.99. The molecule has 0 radical (unpaired) electrons. The minimum absolute atomic E-state index is 0.515. The number of nitrogens with one attached hydrogen (secondary N) is 2. The summed E-state index contributed by atoms with van der Waals surface area (Å²) in [4.78, 5) is 8.32. The van der Waals surface area contributed by atoms with Gasteiger partial charge >= 0.3 is 0 Å². The summed E-state index contributed by atoms with van der Waals surface area (Å²) in [6.07, 6.45) is 1.49. The van der Waals surface area contributed by atoms with E-state index in [-0.39, 0.29) is 0 Å². The van der Waals surface area contributed by atoms with E-state index in [0.717, 1.165) is 0 Å². The lowest BCUT2D eigenvalue weighted by molar-refractivity contribution is 0.210. The van der Waals surface area contributed by atoms with Gasteiger partial charge < -0.3 is 21.1 Å². The third kappa shape index (κ3) is 4.32. The second-order valence-corrected chi connectivity index (χ2v) is 4.74. The number of hydrogen-bond acceptors (Lipinski definition) is 6. The van der Waals surface area contributed by atoms with Crippen LogP contribution < -0.4 is 16.4 Å². The maximum atomic E-state index is 6.06. The standard InChI is InChI=1S/C15H21N5O/c1-11-3-5-12(6-4-11)9-18-15-13(16)14(19-10-20-15)17-7-8-21-2/h3-6,10H,7-9,16H2,1-2H3,(H2,17,18,19,20). The van der Waals surface area contributed by atoms with Crippen LogP contribution in [0.15, 0.2) is 30.6 Å². The average Bonchev–Trinajstić information content (AvgIpc) is 2.49. The summed E-state index contributed by atoms with van der Waals surface area (Å²) in [5.74, 6) is 1.25. The van der Waals surface area contributed by atoms with Gasteiger partial charge in [0.25, 0.3) is 0 Å². The summed E-state index contributed by atoms with van der Waals surface area (Å²) in [7, 11) is 1.65. The molecule has 1 aromatic carbocycles. The van der Waals surface area contributed by atoms with E-state index in [1.807, 2.05) is 0 Å². The van der Waals surface area contributed by atoms with Crippen LogP contribution in [0.1, 0.15) is 11.1 Å². The molecule has 6 heteroatoms. The van der Waals surface area contributed by atoms with Crippen molar-refractivity contribution >= 4 is 17.3 Å². The monoisotopic (exact) mass is 287 g/mol. The largest absolute Gasteiger partial charge is 0.393 e. The first kappa shape index (κ1) is 15.1. The number of anilines is 3. The van der Waals surface area contributed by atoms with Crippen LogP contribution >= 0.6 is 0 Å². The van der Waals surface area contributed by atoms with Crippen molar-refractivity contribution in [2.45, 2.75) is 13.5 Å². The van der Waals surface area contributed by atoms with E-state index in [4.69, 9.17) is 10.5 Å². The molecular formula is C15H21N5O. The van der Waals surface area contributed by atoms with Gasteiger partial charge in [0.05, 0.1) is 6.61 Å². The molecule has 0 saturated heterocycles. The van der Waals surface area contributed by atoms with Crippen molar-refractivity contribution in [3.63, 3.8) is 0 Å². The van der Waals surface area contributed by atoms with E-state index in [0.29, 0.717) is 37.0 Å². The Kier molecular flexibility index (Phi) is 5.34. The van der Waals surface area contributed by atoms with Crippen molar-refractivity contribution in [2.24, 2.45) is 0 Å². The van der Waals surface area contributed by atoms with Crippen LogP contribution in [-0.4, -0.2) is 30.2 Å². The molecule has 0 aliphatic rings. The maximum absolute atomic E-state index is 6.06. The molecule has 0 bridgehead atoms. The van der Waals surface area contributed by atoms with Gasteiger partial charge in [-0.2, -0.15) is 0 Å². The topological polar surface area (TPSA) is 85.1 Å². The molecule has 0 amide bonds. The Morgan fingerprint density at radius 1 is 1.10 bits per heavy atom. The second kappa shape index (κ2) is 7.44. The van der Waals surface area contributed by atoms with Crippen LogP contribution in [0.25, 0.3) is 0 Å². The lowest BCUT2D eigenvalue weighted by Gasteiger charge is -2.12. The molecule has 0 aliphatic carbocycles. The Labute approximate surface area is 124 Å². The predicted molar refractivity (Wildman–Crippen MR) is 85.3 cm³/mol. The highest BCUT2D eigenvalue weighted by atomic mass is 16.5. The zero-order valence-corrected chi connectivity index (χ0v) is 12.4. The van der Waals surface area contributed by atoms with Crippen molar-refractivity contribution in [3.8, 4) is 0 Å². The van der Waals surface area contributed by atoms with Gasteiger partial charge in [0, 0.05) is 20.2 Å². The smallest absolute Gasteiger partial charge is 0.155 e. The van der Waals surface area contributed by atoms with Gasteiger partial charge in [-0.1, -0.05) is 29.8 Å². The first-order chi connectivity index (χ1) is 10.2. The van der Waals surface area contributed by atoms with Crippen LogP contribution in [0.2, 0.25) is 0 Å². The molecule has 2 aromatic rings. The van der Waals surface area contributed by atoms with Crippen molar-refractivity contribution in [2.75, 3.05) is 36.6 Å². The zero-order valence-electron chi connectivity index (χ0n) is 12.4. The highest BCUT2D eigenvalue weighted by Crippen LogP contribution is 2.22. The minimum atomic E-state index is 0.515. The van der Waals surface area contributed by atoms with Gasteiger partial charge in [-0.3, -0.25) is 0 Å². The van der Waals surface area contributed by atoms with Crippen molar-refractivity contribution in [3.05, 3.63) is 41.7 Å². The number of aromatic nitrogens is 2.